The minimum Gasteiger partial charge on any atom is -0.497 e. The highest BCUT2D eigenvalue weighted by Crippen LogP contribution is 2.26. The van der Waals surface area contributed by atoms with Gasteiger partial charge in [0.1, 0.15) is 11.5 Å². The summed E-state index contributed by atoms with van der Waals surface area (Å²) in [5, 5.41) is 2.24. The summed E-state index contributed by atoms with van der Waals surface area (Å²) in [6, 6.07) is 19.2. The predicted molar refractivity (Wildman–Crippen MR) is 96.2 cm³/mol. The zero-order valence-electron chi connectivity index (χ0n) is 13.9. The lowest BCUT2D eigenvalue weighted by Crippen LogP contribution is -2.26. The standard InChI is InChI=1S/C20H19NO3/c1-21(17-9-8-14-6-4-5-7-15(14)10-17)20(22)16-11-18(23-2)13-19(12-16)24-3/h4-13H,1-3H3. The number of nitrogens with zero attached hydrogens (tertiary/aromatic N) is 1. The fourth-order valence-electron chi connectivity index (χ4n) is 2.63. The molecule has 0 spiro atoms. The second-order valence-electron chi connectivity index (χ2n) is 5.50. The van der Waals surface area contributed by atoms with Crippen molar-refractivity contribution < 1.29 is 14.3 Å². The molecule has 0 radical (unpaired) electrons. The van der Waals surface area contributed by atoms with Crippen molar-refractivity contribution in [2.75, 3.05) is 26.2 Å². The molecule has 3 rings (SSSR count). The van der Waals surface area contributed by atoms with E-state index < -0.39 is 0 Å². The molecule has 0 atom stereocenters. The van der Waals surface area contributed by atoms with Gasteiger partial charge < -0.3 is 14.4 Å². The third-order valence-electron chi connectivity index (χ3n) is 4.02. The molecule has 0 saturated heterocycles. The summed E-state index contributed by atoms with van der Waals surface area (Å²) in [5.74, 6) is 1.05. The number of hydrogen-bond acceptors (Lipinski definition) is 3. The van der Waals surface area contributed by atoms with Gasteiger partial charge in [0.15, 0.2) is 0 Å². The van der Waals surface area contributed by atoms with Crippen LogP contribution in [0.2, 0.25) is 0 Å². The summed E-state index contributed by atoms with van der Waals surface area (Å²) in [4.78, 5) is 14.5. The van der Waals surface area contributed by atoms with Crippen LogP contribution in [0.25, 0.3) is 10.8 Å². The van der Waals surface area contributed by atoms with Gasteiger partial charge in [-0.05, 0) is 35.0 Å². The van der Waals surface area contributed by atoms with Gasteiger partial charge in [-0.15, -0.1) is 0 Å². The van der Waals surface area contributed by atoms with E-state index >= 15 is 0 Å². The van der Waals surface area contributed by atoms with Crippen LogP contribution in [-0.4, -0.2) is 27.2 Å². The topological polar surface area (TPSA) is 38.8 Å². The largest absolute Gasteiger partial charge is 0.497 e. The number of anilines is 1. The Bertz CT molecular complexity index is 867. The van der Waals surface area contributed by atoms with Crippen molar-refractivity contribution in [2.24, 2.45) is 0 Å². The fourth-order valence-corrected chi connectivity index (χ4v) is 2.63. The number of carbonyl (C=O) groups is 1. The Kier molecular flexibility index (Phi) is 4.38. The average molecular weight is 321 g/mol. The maximum absolute atomic E-state index is 12.8. The van der Waals surface area contributed by atoms with Crippen molar-refractivity contribution in [2.45, 2.75) is 0 Å². The Morgan fingerprint density at radius 2 is 1.46 bits per heavy atom. The van der Waals surface area contributed by atoms with Crippen LogP contribution in [0.1, 0.15) is 10.4 Å². The van der Waals surface area contributed by atoms with Crippen molar-refractivity contribution in [3.63, 3.8) is 0 Å². The number of benzene rings is 3. The Morgan fingerprint density at radius 1 is 0.833 bits per heavy atom. The van der Waals surface area contributed by atoms with Gasteiger partial charge in [0.05, 0.1) is 14.2 Å². The van der Waals surface area contributed by atoms with Gasteiger partial charge >= 0.3 is 0 Å². The molecule has 0 aliphatic carbocycles. The molecule has 0 bridgehead atoms. The van der Waals surface area contributed by atoms with E-state index in [2.05, 4.69) is 0 Å². The molecule has 0 N–H and O–H groups in total. The minimum absolute atomic E-state index is 0.123. The molecule has 4 heteroatoms. The smallest absolute Gasteiger partial charge is 0.258 e. The normalized spacial score (nSPS) is 10.5. The first-order valence-corrected chi connectivity index (χ1v) is 7.62. The second-order valence-corrected chi connectivity index (χ2v) is 5.50. The van der Waals surface area contributed by atoms with E-state index in [0.717, 1.165) is 16.5 Å². The van der Waals surface area contributed by atoms with E-state index in [1.54, 1.807) is 44.4 Å². The number of hydrogen-bond donors (Lipinski definition) is 0. The number of methoxy groups -OCH3 is 2. The fraction of sp³-hybridized carbons (Fsp3) is 0.150. The lowest BCUT2D eigenvalue weighted by molar-refractivity contribution is 0.0992. The SMILES string of the molecule is COc1cc(OC)cc(C(=O)N(C)c2ccc3ccccc3c2)c1. The van der Waals surface area contributed by atoms with Gasteiger partial charge in [-0.25, -0.2) is 0 Å². The summed E-state index contributed by atoms with van der Waals surface area (Å²) in [6.07, 6.45) is 0. The molecule has 122 valence electrons. The molecule has 0 unspecified atom stereocenters. The zero-order valence-corrected chi connectivity index (χ0v) is 13.9. The van der Waals surface area contributed by atoms with Gasteiger partial charge in [0, 0.05) is 24.4 Å². The van der Waals surface area contributed by atoms with Crippen LogP contribution >= 0.6 is 0 Å². The highest BCUT2D eigenvalue weighted by molar-refractivity contribution is 6.07. The van der Waals surface area contributed by atoms with Crippen LogP contribution < -0.4 is 14.4 Å². The summed E-state index contributed by atoms with van der Waals surface area (Å²) >= 11 is 0. The summed E-state index contributed by atoms with van der Waals surface area (Å²) < 4.78 is 10.5. The molecular weight excluding hydrogens is 302 g/mol. The molecule has 0 aliphatic heterocycles. The van der Waals surface area contributed by atoms with Crippen LogP contribution in [0.15, 0.2) is 60.7 Å². The molecule has 0 fully saturated rings. The molecule has 4 nitrogen and oxygen atoms in total. The lowest BCUT2D eigenvalue weighted by atomic mass is 10.1. The van der Waals surface area contributed by atoms with E-state index in [9.17, 15) is 4.79 Å². The number of ether oxygens (including phenoxy) is 2. The second kappa shape index (κ2) is 6.62. The summed E-state index contributed by atoms with van der Waals surface area (Å²) in [7, 11) is 4.89. The van der Waals surface area contributed by atoms with Crippen molar-refractivity contribution in [1.82, 2.24) is 0 Å². The van der Waals surface area contributed by atoms with Crippen LogP contribution in [0, 0.1) is 0 Å². The van der Waals surface area contributed by atoms with Crippen molar-refractivity contribution >= 4 is 22.4 Å². The van der Waals surface area contributed by atoms with Crippen LogP contribution in [0.3, 0.4) is 0 Å². The maximum atomic E-state index is 12.8. The van der Waals surface area contributed by atoms with Crippen LogP contribution in [-0.2, 0) is 0 Å². The van der Waals surface area contributed by atoms with Gasteiger partial charge in [-0.3, -0.25) is 4.79 Å². The summed E-state index contributed by atoms with van der Waals surface area (Å²) in [6.45, 7) is 0. The highest BCUT2D eigenvalue weighted by atomic mass is 16.5. The quantitative estimate of drug-likeness (QED) is 0.725. The first kappa shape index (κ1) is 15.9. The highest BCUT2D eigenvalue weighted by Gasteiger charge is 2.16. The van der Waals surface area contributed by atoms with Gasteiger partial charge in [0.2, 0.25) is 0 Å². The molecule has 0 aromatic heterocycles. The van der Waals surface area contributed by atoms with E-state index in [4.69, 9.17) is 9.47 Å². The van der Waals surface area contributed by atoms with Gasteiger partial charge in [0.25, 0.3) is 5.91 Å². The Morgan fingerprint density at radius 3 is 2.08 bits per heavy atom. The first-order valence-electron chi connectivity index (χ1n) is 7.62. The third-order valence-corrected chi connectivity index (χ3v) is 4.02. The molecule has 3 aromatic rings. The van der Waals surface area contributed by atoms with Crippen LogP contribution in [0.5, 0.6) is 11.5 Å². The van der Waals surface area contributed by atoms with Crippen molar-refractivity contribution in [3.05, 3.63) is 66.2 Å². The van der Waals surface area contributed by atoms with Gasteiger partial charge in [-0.1, -0.05) is 30.3 Å². The molecule has 0 saturated carbocycles. The molecule has 3 aromatic carbocycles. The first-order chi connectivity index (χ1) is 11.6. The number of fused-ring (bicyclic) bond motifs is 1. The Hall–Kier alpha value is -3.01. The van der Waals surface area contributed by atoms with Crippen LogP contribution in [0.4, 0.5) is 5.69 Å². The average Bonchev–Trinajstić information content (AvgIpc) is 2.65. The minimum atomic E-state index is -0.123. The van der Waals surface area contributed by atoms with E-state index in [0.29, 0.717) is 17.1 Å². The predicted octanol–water partition coefficient (Wildman–Crippen LogP) is 4.13. The Labute approximate surface area is 141 Å². The maximum Gasteiger partial charge on any atom is 0.258 e. The van der Waals surface area contributed by atoms with Crippen molar-refractivity contribution in [3.8, 4) is 11.5 Å². The van der Waals surface area contributed by atoms with Crippen molar-refractivity contribution in [1.29, 1.82) is 0 Å². The zero-order chi connectivity index (χ0) is 17.1. The third kappa shape index (κ3) is 3.04. The lowest BCUT2D eigenvalue weighted by Gasteiger charge is -2.19. The number of rotatable bonds is 4. The van der Waals surface area contributed by atoms with E-state index in [-0.39, 0.29) is 5.91 Å². The molecular formula is C20H19NO3. The van der Waals surface area contributed by atoms with E-state index in [1.165, 1.54) is 0 Å². The number of amides is 1. The van der Waals surface area contributed by atoms with Gasteiger partial charge in [-0.2, -0.15) is 0 Å². The molecule has 1 amide bonds. The summed E-state index contributed by atoms with van der Waals surface area (Å²) in [5.41, 5.74) is 1.35. The molecule has 0 heterocycles. The number of carbonyl (C=O) groups excluding carboxylic acids is 1. The molecule has 0 aliphatic rings. The molecule has 24 heavy (non-hydrogen) atoms. The Balaban J connectivity index is 1.96. The van der Waals surface area contributed by atoms with E-state index in [1.807, 2.05) is 42.5 Å². The monoisotopic (exact) mass is 321 g/mol.